The summed E-state index contributed by atoms with van der Waals surface area (Å²) < 4.78 is 38.6. The Balaban J connectivity index is 1.35. The average molecular weight is 455 g/mol. The molecule has 2 amide bonds. The SMILES string of the molecule is Cc1ccc(-c2ccc(N3CCN(C(=O)Nc4cccc(C(F)(F)F)c4)CC3)nn2)cc1C. The molecule has 0 unspecified atom stereocenters. The van der Waals surface area contributed by atoms with Crippen LogP contribution < -0.4 is 10.2 Å². The van der Waals surface area contributed by atoms with E-state index in [0.717, 1.165) is 29.2 Å². The maximum Gasteiger partial charge on any atom is 0.416 e. The van der Waals surface area contributed by atoms with Crippen LogP contribution in [0.4, 0.5) is 29.5 Å². The van der Waals surface area contributed by atoms with E-state index in [2.05, 4.69) is 41.5 Å². The first kappa shape index (κ1) is 22.6. The highest BCUT2D eigenvalue weighted by molar-refractivity contribution is 5.89. The number of nitrogens with zero attached hydrogens (tertiary/aromatic N) is 4. The van der Waals surface area contributed by atoms with E-state index in [1.165, 1.54) is 23.3 Å². The summed E-state index contributed by atoms with van der Waals surface area (Å²) in [5, 5.41) is 11.3. The molecule has 1 N–H and O–H groups in total. The van der Waals surface area contributed by atoms with Crippen molar-refractivity contribution in [3.63, 3.8) is 0 Å². The van der Waals surface area contributed by atoms with E-state index in [4.69, 9.17) is 0 Å². The van der Waals surface area contributed by atoms with E-state index in [1.54, 1.807) is 4.90 Å². The Morgan fingerprint density at radius 2 is 1.67 bits per heavy atom. The monoisotopic (exact) mass is 455 g/mol. The van der Waals surface area contributed by atoms with Gasteiger partial charge in [-0.2, -0.15) is 13.2 Å². The van der Waals surface area contributed by atoms with Gasteiger partial charge in [0.1, 0.15) is 0 Å². The van der Waals surface area contributed by atoms with Crippen LogP contribution in [0.25, 0.3) is 11.3 Å². The molecule has 1 aromatic heterocycles. The molecule has 1 saturated heterocycles. The van der Waals surface area contributed by atoms with E-state index < -0.39 is 17.8 Å². The van der Waals surface area contributed by atoms with Crippen LogP contribution in [0.1, 0.15) is 16.7 Å². The number of carbonyl (C=O) groups excluding carboxylic acids is 1. The maximum atomic E-state index is 12.9. The van der Waals surface area contributed by atoms with Gasteiger partial charge in [-0.05, 0) is 61.4 Å². The fourth-order valence-electron chi connectivity index (χ4n) is 3.66. The molecule has 1 fully saturated rings. The van der Waals surface area contributed by atoms with Crippen molar-refractivity contribution in [2.24, 2.45) is 0 Å². The fourth-order valence-corrected chi connectivity index (χ4v) is 3.66. The van der Waals surface area contributed by atoms with Crippen molar-refractivity contribution in [3.8, 4) is 11.3 Å². The molecule has 0 aliphatic carbocycles. The first-order valence-corrected chi connectivity index (χ1v) is 10.6. The smallest absolute Gasteiger partial charge is 0.352 e. The lowest BCUT2D eigenvalue weighted by Gasteiger charge is -2.35. The van der Waals surface area contributed by atoms with Gasteiger partial charge in [-0.25, -0.2) is 4.79 Å². The van der Waals surface area contributed by atoms with Gasteiger partial charge in [0.25, 0.3) is 0 Å². The topological polar surface area (TPSA) is 61.4 Å². The Bertz CT molecular complexity index is 1140. The van der Waals surface area contributed by atoms with Crippen molar-refractivity contribution in [1.29, 1.82) is 0 Å². The first-order chi connectivity index (χ1) is 15.7. The molecule has 2 aromatic carbocycles. The maximum absolute atomic E-state index is 12.9. The third-order valence-corrected chi connectivity index (χ3v) is 5.79. The highest BCUT2D eigenvalue weighted by atomic mass is 19.4. The number of aryl methyl sites for hydroxylation is 2. The van der Waals surface area contributed by atoms with Crippen LogP contribution in [0.5, 0.6) is 0 Å². The third kappa shape index (κ3) is 5.24. The lowest BCUT2D eigenvalue weighted by atomic mass is 10.0. The quantitative estimate of drug-likeness (QED) is 0.595. The second-order valence-corrected chi connectivity index (χ2v) is 8.06. The summed E-state index contributed by atoms with van der Waals surface area (Å²) in [4.78, 5) is 16.1. The van der Waals surface area contributed by atoms with Gasteiger partial charge in [-0.3, -0.25) is 0 Å². The molecular formula is C24H24F3N5O. The Morgan fingerprint density at radius 1 is 0.909 bits per heavy atom. The van der Waals surface area contributed by atoms with Crippen molar-refractivity contribution < 1.29 is 18.0 Å². The van der Waals surface area contributed by atoms with Crippen molar-refractivity contribution in [3.05, 3.63) is 71.3 Å². The number of benzene rings is 2. The van der Waals surface area contributed by atoms with Gasteiger partial charge in [-0.15, -0.1) is 10.2 Å². The number of aromatic nitrogens is 2. The minimum Gasteiger partial charge on any atom is -0.352 e. The van der Waals surface area contributed by atoms with Gasteiger partial charge in [0.2, 0.25) is 0 Å². The zero-order valence-electron chi connectivity index (χ0n) is 18.4. The summed E-state index contributed by atoms with van der Waals surface area (Å²) in [5.74, 6) is 0.723. The van der Waals surface area contributed by atoms with Crippen LogP contribution in [0.15, 0.2) is 54.6 Å². The Morgan fingerprint density at radius 3 is 2.30 bits per heavy atom. The minimum absolute atomic E-state index is 0.116. The number of alkyl halides is 3. The van der Waals surface area contributed by atoms with Crippen LogP contribution in [-0.4, -0.2) is 47.3 Å². The number of piperazine rings is 1. The van der Waals surface area contributed by atoms with Crippen LogP contribution in [0.3, 0.4) is 0 Å². The Labute approximate surface area is 190 Å². The van der Waals surface area contributed by atoms with E-state index in [9.17, 15) is 18.0 Å². The predicted molar refractivity (Wildman–Crippen MR) is 121 cm³/mol. The summed E-state index contributed by atoms with van der Waals surface area (Å²) in [6.45, 7) is 6.06. The standard InChI is InChI=1S/C24H24F3N5O/c1-16-6-7-18(14-17(16)2)21-8-9-22(30-29-21)31-10-12-32(13-11-31)23(33)28-20-5-3-4-19(15-20)24(25,26)27/h3-9,14-15H,10-13H2,1-2H3,(H,28,33). The summed E-state index contributed by atoms with van der Waals surface area (Å²) in [7, 11) is 0. The largest absolute Gasteiger partial charge is 0.416 e. The molecule has 0 atom stereocenters. The lowest BCUT2D eigenvalue weighted by Crippen LogP contribution is -2.50. The van der Waals surface area contributed by atoms with Gasteiger partial charge in [0.05, 0.1) is 11.3 Å². The molecule has 2 heterocycles. The highest BCUT2D eigenvalue weighted by Crippen LogP contribution is 2.30. The van der Waals surface area contributed by atoms with Crippen LogP contribution in [0.2, 0.25) is 0 Å². The molecule has 3 aromatic rings. The molecule has 0 radical (unpaired) electrons. The second kappa shape index (κ2) is 9.09. The highest BCUT2D eigenvalue weighted by Gasteiger charge is 2.30. The normalized spacial score (nSPS) is 14.3. The molecule has 0 saturated carbocycles. The van der Waals surface area contributed by atoms with E-state index in [0.29, 0.717) is 26.2 Å². The fraction of sp³-hybridized carbons (Fsp3) is 0.292. The number of halogens is 3. The van der Waals surface area contributed by atoms with Crippen LogP contribution >= 0.6 is 0 Å². The number of nitrogens with one attached hydrogen (secondary N) is 1. The van der Waals surface area contributed by atoms with Crippen molar-refractivity contribution in [1.82, 2.24) is 15.1 Å². The van der Waals surface area contributed by atoms with E-state index in [-0.39, 0.29) is 5.69 Å². The van der Waals surface area contributed by atoms with Gasteiger partial charge in [-0.1, -0.05) is 18.2 Å². The molecule has 6 nitrogen and oxygen atoms in total. The number of anilines is 2. The first-order valence-electron chi connectivity index (χ1n) is 10.6. The van der Waals surface area contributed by atoms with Gasteiger partial charge < -0.3 is 15.1 Å². The zero-order valence-corrected chi connectivity index (χ0v) is 18.4. The van der Waals surface area contributed by atoms with E-state index >= 15 is 0 Å². The molecule has 33 heavy (non-hydrogen) atoms. The number of amides is 2. The number of hydrogen-bond acceptors (Lipinski definition) is 4. The zero-order chi connectivity index (χ0) is 23.6. The minimum atomic E-state index is -4.46. The van der Waals surface area contributed by atoms with Crippen LogP contribution in [0, 0.1) is 13.8 Å². The summed E-state index contributed by atoms with van der Waals surface area (Å²) in [5.41, 5.74) is 3.53. The van der Waals surface area contributed by atoms with E-state index in [1.807, 2.05) is 23.1 Å². The molecular weight excluding hydrogens is 431 g/mol. The number of carbonyl (C=O) groups is 1. The molecule has 0 spiro atoms. The van der Waals surface area contributed by atoms with Crippen molar-refractivity contribution in [2.45, 2.75) is 20.0 Å². The molecule has 1 aliphatic rings. The molecule has 172 valence electrons. The van der Waals surface area contributed by atoms with Gasteiger partial charge in [0.15, 0.2) is 5.82 Å². The number of urea groups is 1. The third-order valence-electron chi connectivity index (χ3n) is 5.79. The molecule has 1 aliphatic heterocycles. The Kier molecular flexibility index (Phi) is 6.22. The van der Waals surface area contributed by atoms with Gasteiger partial charge >= 0.3 is 12.2 Å². The summed E-state index contributed by atoms with van der Waals surface area (Å²) in [6.07, 6.45) is -4.46. The van der Waals surface area contributed by atoms with Crippen molar-refractivity contribution >= 4 is 17.5 Å². The number of hydrogen-bond donors (Lipinski definition) is 1. The van der Waals surface area contributed by atoms with Crippen LogP contribution in [-0.2, 0) is 6.18 Å². The molecule has 9 heteroatoms. The lowest BCUT2D eigenvalue weighted by molar-refractivity contribution is -0.137. The number of rotatable bonds is 3. The van der Waals surface area contributed by atoms with Gasteiger partial charge in [0, 0.05) is 37.4 Å². The average Bonchev–Trinajstić information content (AvgIpc) is 2.81. The molecule has 4 rings (SSSR count). The molecule has 0 bridgehead atoms. The second-order valence-electron chi connectivity index (χ2n) is 8.06. The summed E-state index contributed by atoms with van der Waals surface area (Å²) in [6, 6.07) is 14.2. The summed E-state index contributed by atoms with van der Waals surface area (Å²) >= 11 is 0. The van der Waals surface area contributed by atoms with Crippen molar-refractivity contribution in [2.75, 3.05) is 36.4 Å². The Hall–Kier alpha value is -3.62. The predicted octanol–water partition coefficient (Wildman–Crippen LogP) is 5.13.